The molecule has 0 saturated heterocycles. The van der Waals surface area contributed by atoms with Gasteiger partial charge < -0.3 is 5.73 Å². The summed E-state index contributed by atoms with van der Waals surface area (Å²) in [7, 11) is 0. The van der Waals surface area contributed by atoms with Crippen LogP contribution in [-0.2, 0) is 6.18 Å². The molecule has 0 amide bonds. The first-order chi connectivity index (χ1) is 7.36. The molecule has 16 heavy (non-hydrogen) atoms. The Hall–Kier alpha value is -1.03. The summed E-state index contributed by atoms with van der Waals surface area (Å²) in [5.41, 5.74) is 6.05. The Bertz CT molecular complexity index is 329. The van der Waals surface area contributed by atoms with Gasteiger partial charge in [0.25, 0.3) is 0 Å². The maximum Gasteiger partial charge on any atom is 0.416 e. The van der Waals surface area contributed by atoms with Crippen molar-refractivity contribution in [1.82, 2.24) is 0 Å². The van der Waals surface area contributed by atoms with Crippen LogP contribution in [0.3, 0.4) is 0 Å². The van der Waals surface area contributed by atoms with E-state index in [2.05, 4.69) is 0 Å². The molecule has 0 heterocycles. The van der Waals surface area contributed by atoms with Crippen LogP contribution < -0.4 is 5.73 Å². The van der Waals surface area contributed by atoms with Crippen molar-refractivity contribution >= 4 is 0 Å². The minimum Gasteiger partial charge on any atom is -0.324 e. The van der Waals surface area contributed by atoms with Gasteiger partial charge in [-0.05, 0) is 23.6 Å². The molecule has 0 saturated carbocycles. The normalized spacial score (nSPS) is 15.9. The van der Waals surface area contributed by atoms with Crippen LogP contribution in [0.5, 0.6) is 0 Å². The lowest BCUT2D eigenvalue weighted by Gasteiger charge is -2.19. The number of rotatable bonds is 3. The van der Waals surface area contributed by atoms with E-state index in [9.17, 15) is 13.2 Å². The number of nitrogens with two attached hydrogens (primary N) is 1. The zero-order valence-corrected chi connectivity index (χ0v) is 9.38. The first kappa shape index (κ1) is 13.0. The molecular weight excluding hydrogens is 215 g/mol. The smallest absolute Gasteiger partial charge is 0.324 e. The Morgan fingerprint density at radius 3 is 2.06 bits per heavy atom. The van der Waals surface area contributed by atoms with E-state index in [1.54, 1.807) is 0 Å². The number of halogens is 3. The van der Waals surface area contributed by atoms with Crippen LogP contribution in [0.25, 0.3) is 0 Å². The van der Waals surface area contributed by atoms with Gasteiger partial charge in [0.15, 0.2) is 0 Å². The molecule has 2 atom stereocenters. The highest BCUT2D eigenvalue weighted by Gasteiger charge is 2.30. The Labute approximate surface area is 93.5 Å². The van der Waals surface area contributed by atoms with Crippen molar-refractivity contribution in [3.05, 3.63) is 35.4 Å². The van der Waals surface area contributed by atoms with Crippen LogP contribution in [0.1, 0.15) is 37.4 Å². The highest BCUT2D eigenvalue weighted by molar-refractivity contribution is 5.26. The molecule has 0 spiro atoms. The zero-order chi connectivity index (χ0) is 12.3. The van der Waals surface area contributed by atoms with Crippen LogP contribution in [-0.4, -0.2) is 0 Å². The van der Waals surface area contributed by atoms with E-state index in [1.807, 2.05) is 13.8 Å². The van der Waals surface area contributed by atoms with Crippen LogP contribution >= 0.6 is 0 Å². The van der Waals surface area contributed by atoms with E-state index < -0.39 is 11.7 Å². The third-order valence-electron chi connectivity index (χ3n) is 2.88. The summed E-state index contributed by atoms with van der Waals surface area (Å²) in [6.07, 6.45) is -3.37. The summed E-state index contributed by atoms with van der Waals surface area (Å²) in [5, 5.41) is 0. The minimum absolute atomic E-state index is 0.202. The maximum absolute atomic E-state index is 12.3. The van der Waals surface area contributed by atoms with Gasteiger partial charge >= 0.3 is 6.18 Å². The summed E-state index contributed by atoms with van der Waals surface area (Å²) in [5.74, 6) is 0.261. The van der Waals surface area contributed by atoms with Crippen molar-refractivity contribution < 1.29 is 13.2 Å². The van der Waals surface area contributed by atoms with Gasteiger partial charge in [0.2, 0.25) is 0 Å². The largest absolute Gasteiger partial charge is 0.416 e. The monoisotopic (exact) mass is 231 g/mol. The number of benzene rings is 1. The summed E-state index contributed by atoms with van der Waals surface area (Å²) in [4.78, 5) is 0. The second-order valence-electron chi connectivity index (χ2n) is 4.03. The highest BCUT2D eigenvalue weighted by atomic mass is 19.4. The molecule has 0 aromatic heterocycles. The van der Waals surface area contributed by atoms with Crippen LogP contribution in [0, 0.1) is 5.92 Å². The lowest BCUT2D eigenvalue weighted by Crippen LogP contribution is -2.18. The molecule has 0 aliphatic carbocycles. The van der Waals surface area contributed by atoms with E-state index in [-0.39, 0.29) is 12.0 Å². The van der Waals surface area contributed by atoms with Crippen molar-refractivity contribution in [2.24, 2.45) is 11.7 Å². The van der Waals surface area contributed by atoms with E-state index in [0.29, 0.717) is 0 Å². The van der Waals surface area contributed by atoms with E-state index in [4.69, 9.17) is 5.73 Å². The summed E-state index contributed by atoms with van der Waals surface area (Å²) >= 11 is 0. The molecule has 1 aromatic carbocycles. The lowest BCUT2D eigenvalue weighted by molar-refractivity contribution is -0.137. The van der Waals surface area contributed by atoms with E-state index in [0.717, 1.165) is 24.1 Å². The van der Waals surface area contributed by atoms with Crippen LogP contribution in [0.2, 0.25) is 0 Å². The van der Waals surface area contributed by atoms with Crippen molar-refractivity contribution in [3.63, 3.8) is 0 Å². The number of alkyl halides is 3. The van der Waals surface area contributed by atoms with Gasteiger partial charge in [-0.1, -0.05) is 32.4 Å². The topological polar surface area (TPSA) is 26.0 Å². The summed E-state index contributed by atoms with van der Waals surface area (Å²) < 4.78 is 36.9. The molecule has 1 rings (SSSR count). The van der Waals surface area contributed by atoms with Crippen LogP contribution in [0.4, 0.5) is 13.2 Å². The first-order valence-electron chi connectivity index (χ1n) is 5.29. The zero-order valence-electron chi connectivity index (χ0n) is 9.38. The average Bonchev–Trinajstić information content (AvgIpc) is 2.26. The predicted octanol–water partition coefficient (Wildman–Crippen LogP) is 3.75. The summed E-state index contributed by atoms with van der Waals surface area (Å²) in [6.45, 7) is 4.00. The van der Waals surface area contributed by atoms with Crippen molar-refractivity contribution in [1.29, 1.82) is 0 Å². The Morgan fingerprint density at radius 2 is 1.69 bits per heavy atom. The van der Waals surface area contributed by atoms with Crippen molar-refractivity contribution in [2.45, 2.75) is 32.5 Å². The van der Waals surface area contributed by atoms with Gasteiger partial charge in [-0.25, -0.2) is 0 Å². The average molecular weight is 231 g/mol. The standard InChI is InChI=1S/C12H16F3N/c1-3-8(2)11(16)9-4-6-10(7-5-9)12(13,14)15/h4-8,11H,3,16H2,1-2H3/t8?,11-/m0/s1. The quantitative estimate of drug-likeness (QED) is 0.842. The van der Waals surface area contributed by atoms with Crippen molar-refractivity contribution in [2.75, 3.05) is 0 Å². The van der Waals surface area contributed by atoms with Crippen molar-refractivity contribution in [3.8, 4) is 0 Å². The molecule has 4 heteroatoms. The van der Waals surface area contributed by atoms with Gasteiger partial charge in [0.1, 0.15) is 0 Å². The van der Waals surface area contributed by atoms with Gasteiger partial charge in [-0.15, -0.1) is 0 Å². The number of hydrogen-bond acceptors (Lipinski definition) is 1. The molecule has 1 unspecified atom stereocenters. The molecular formula is C12H16F3N. The van der Waals surface area contributed by atoms with Gasteiger partial charge in [-0.2, -0.15) is 13.2 Å². The van der Waals surface area contributed by atoms with Gasteiger partial charge in [0, 0.05) is 6.04 Å². The Kier molecular flexibility index (Phi) is 3.97. The van der Waals surface area contributed by atoms with Gasteiger partial charge in [0.05, 0.1) is 5.56 Å². The van der Waals surface area contributed by atoms with E-state index >= 15 is 0 Å². The molecule has 1 aromatic rings. The van der Waals surface area contributed by atoms with Gasteiger partial charge in [-0.3, -0.25) is 0 Å². The third-order valence-corrected chi connectivity index (χ3v) is 2.88. The highest BCUT2D eigenvalue weighted by Crippen LogP contribution is 2.30. The molecule has 0 bridgehead atoms. The van der Waals surface area contributed by atoms with Crippen LogP contribution in [0.15, 0.2) is 24.3 Å². The minimum atomic E-state index is -4.28. The molecule has 0 radical (unpaired) electrons. The molecule has 2 N–H and O–H groups in total. The fourth-order valence-electron chi connectivity index (χ4n) is 1.48. The van der Waals surface area contributed by atoms with E-state index in [1.165, 1.54) is 12.1 Å². The molecule has 0 aliphatic heterocycles. The second-order valence-corrected chi connectivity index (χ2v) is 4.03. The Balaban J connectivity index is 2.87. The molecule has 0 aliphatic rings. The molecule has 90 valence electrons. The lowest BCUT2D eigenvalue weighted by atomic mass is 9.93. The fourth-order valence-corrected chi connectivity index (χ4v) is 1.48. The Morgan fingerprint density at radius 1 is 1.19 bits per heavy atom. The molecule has 0 fully saturated rings. The predicted molar refractivity (Wildman–Crippen MR) is 57.8 cm³/mol. The molecule has 1 nitrogen and oxygen atoms in total. The second kappa shape index (κ2) is 4.87. The maximum atomic E-state index is 12.3. The fraction of sp³-hybridized carbons (Fsp3) is 0.500. The SMILES string of the molecule is CCC(C)[C@H](N)c1ccc(C(F)(F)F)cc1. The third kappa shape index (κ3) is 2.98. The summed E-state index contributed by atoms with van der Waals surface area (Å²) in [6, 6.07) is 4.88. The number of hydrogen-bond donors (Lipinski definition) is 1. The first-order valence-corrected chi connectivity index (χ1v) is 5.29.